The molecule has 1 aromatic carbocycles. The number of alkyl halides is 1. The Morgan fingerprint density at radius 2 is 2.14 bits per heavy atom. The Kier molecular flexibility index (Phi) is 5.39. The van der Waals surface area contributed by atoms with Crippen molar-refractivity contribution in [2.24, 2.45) is 0 Å². The highest BCUT2D eigenvalue weighted by molar-refractivity contribution is 7.90. The van der Waals surface area contributed by atoms with Gasteiger partial charge in [-0.15, -0.1) is 0 Å². The summed E-state index contributed by atoms with van der Waals surface area (Å²) in [5, 5.41) is 0.205. The molecule has 3 heterocycles. The minimum Gasteiger partial charge on any atom is -0.496 e. The number of hydrogen-bond acceptors (Lipinski definition) is 8. The molecular weight excluding hydrogens is 419 g/mol. The molecule has 152 valence electrons. The van der Waals surface area contributed by atoms with Gasteiger partial charge in [0.15, 0.2) is 0 Å². The number of nitrogens with one attached hydrogen (secondary N) is 1. The number of hydrogen-bond donors (Lipinski definition) is 1. The van der Waals surface area contributed by atoms with Crippen molar-refractivity contribution in [3.05, 3.63) is 47.7 Å². The highest BCUT2D eigenvalue weighted by Crippen LogP contribution is 2.35. The van der Waals surface area contributed by atoms with Crippen molar-refractivity contribution in [3.8, 4) is 17.0 Å². The Balaban J connectivity index is 1.65. The second-order valence-corrected chi connectivity index (χ2v) is 8.70. The fourth-order valence-electron chi connectivity index (χ4n) is 3.17. The monoisotopic (exact) mass is 436 g/mol. The Hall–Kier alpha value is -2.70. The average Bonchev–Trinajstić information content (AvgIpc) is 3.24. The zero-order valence-electron chi connectivity index (χ0n) is 15.4. The molecule has 0 amide bonds. The van der Waals surface area contributed by atoms with Gasteiger partial charge in [-0.1, -0.05) is 6.07 Å². The van der Waals surface area contributed by atoms with Crippen molar-refractivity contribution in [3.63, 3.8) is 0 Å². The number of ether oxygens (including phenoxy) is 1. The van der Waals surface area contributed by atoms with E-state index in [-0.39, 0.29) is 18.2 Å². The van der Waals surface area contributed by atoms with Gasteiger partial charge in [0.2, 0.25) is 5.13 Å². The summed E-state index contributed by atoms with van der Waals surface area (Å²) in [6, 6.07) is 5.07. The van der Waals surface area contributed by atoms with Crippen molar-refractivity contribution in [1.29, 1.82) is 0 Å². The van der Waals surface area contributed by atoms with E-state index in [0.717, 1.165) is 17.1 Å². The van der Waals surface area contributed by atoms with Gasteiger partial charge in [0.05, 0.1) is 25.0 Å². The highest BCUT2D eigenvalue weighted by Gasteiger charge is 2.30. The van der Waals surface area contributed by atoms with Gasteiger partial charge in [-0.25, -0.2) is 24.1 Å². The molecule has 3 aromatic rings. The quantitative estimate of drug-likeness (QED) is 0.631. The first-order valence-corrected chi connectivity index (χ1v) is 10.8. The summed E-state index contributed by atoms with van der Waals surface area (Å²) < 4.78 is 51.2. The van der Waals surface area contributed by atoms with E-state index in [1.165, 1.54) is 24.1 Å². The van der Waals surface area contributed by atoms with Crippen LogP contribution >= 0.6 is 11.5 Å². The van der Waals surface area contributed by atoms with Gasteiger partial charge in [-0.05, 0) is 24.1 Å². The van der Waals surface area contributed by atoms with Crippen LogP contribution < -0.4 is 9.46 Å². The number of fused-ring (bicyclic) bond motifs is 1. The summed E-state index contributed by atoms with van der Waals surface area (Å²) in [5.74, 6) is 0.508. The minimum atomic E-state index is -3.78. The lowest BCUT2D eigenvalue weighted by Crippen LogP contribution is -2.40. The van der Waals surface area contributed by atoms with Crippen LogP contribution in [-0.4, -0.2) is 45.7 Å². The van der Waals surface area contributed by atoms with Gasteiger partial charge in [0.25, 0.3) is 0 Å². The first-order valence-electron chi connectivity index (χ1n) is 8.62. The van der Waals surface area contributed by atoms with E-state index < -0.39 is 16.9 Å². The molecule has 0 saturated heterocycles. The minimum absolute atomic E-state index is 0.101. The number of benzene rings is 1. The maximum absolute atomic E-state index is 13.0. The summed E-state index contributed by atoms with van der Waals surface area (Å²) in [4.78, 5) is 12.5. The number of halogens is 1. The average molecular weight is 436 g/mol. The summed E-state index contributed by atoms with van der Waals surface area (Å²) >= 11 is 0.962. The molecule has 1 N–H and O–H groups in total. The van der Waals surface area contributed by atoms with Crippen LogP contribution in [0.25, 0.3) is 11.3 Å². The number of nitrogens with zero attached hydrogens (tertiary/aromatic N) is 5. The van der Waals surface area contributed by atoms with Crippen molar-refractivity contribution in [2.75, 3.05) is 18.4 Å². The molecule has 0 aliphatic carbocycles. The second-order valence-electron chi connectivity index (χ2n) is 6.25. The Morgan fingerprint density at radius 3 is 2.86 bits per heavy atom. The lowest BCUT2D eigenvalue weighted by Gasteiger charge is -2.28. The van der Waals surface area contributed by atoms with E-state index >= 15 is 0 Å². The summed E-state index contributed by atoms with van der Waals surface area (Å²) in [5.41, 5.74) is 3.34. The van der Waals surface area contributed by atoms with Gasteiger partial charge in [-0.3, -0.25) is 0 Å². The topological polar surface area (TPSA) is 110 Å². The molecule has 9 nitrogen and oxygen atoms in total. The molecule has 12 heteroatoms. The van der Waals surface area contributed by atoms with Crippen LogP contribution in [0.4, 0.5) is 9.52 Å². The van der Waals surface area contributed by atoms with Crippen molar-refractivity contribution in [1.82, 2.24) is 23.6 Å². The van der Waals surface area contributed by atoms with Crippen molar-refractivity contribution in [2.45, 2.75) is 19.6 Å². The molecule has 0 saturated carbocycles. The molecule has 29 heavy (non-hydrogen) atoms. The largest absolute Gasteiger partial charge is 0.496 e. The van der Waals surface area contributed by atoms with Crippen LogP contribution in [0.2, 0.25) is 0 Å². The Labute approximate surface area is 171 Å². The zero-order valence-corrected chi connectivity index (χ0v) is 17.0. The first kappa shape index (κ1) is 19.6. The van der Waals surface area contributed by atoms with Crippen LogP contribution in [0.3, 0.4) is 0 Å². The Morgan fingerprint density at radius 1 is 1.28 bits per heavy atom. The Bertz CT molecular complexity index is 1120. The first-order chi connectivity index (χ1) is 14.0. The molecule has 0 atom stereocenters. The molecular formula is C17H17FN6O3S2. The van der Waals surface area contributed by atoms with Crippen LogP contribution in [0, 0.1) is 0 Å². The predicted molar refractivity (Wildman–Crippen MR) is 105 cm³/mol. The standard InChI is InChI=1S/C17H17FN6O3S2/c1-27-15-6-11(7-18)2-3-13(15)16-12-4-5-24(8-14(12)19-9-20-16)29(25,26)23-17-21-10-22-28-17/h2-3,6,9-10H,4-5,7-8H2,1H3,(H,21,22,23). The lowest BCUT2D eigenvalue weighted by molar-refractivity contribution is 0.387. The van der Waals surface area contributed by atoms with Gasteiger partial charge < -0.3 is 4.74 Å². The van der Waals surface area contributed by atoms with Gasteiger partial charge in [-0.2, -0.15) is 17.1 Å². The van der Waals surface area contributed by atoms with E-state index in [2.05, 4.69) is 24.0 Å². The predicted octanol–water partition coefficient (Wildman–Crippen LogP) is 2.19. The zero-order chi connectivity index (χ0) is 20.4. The normalized spacial score (nSPS) is 14.4. The summed E-state index contributed by atoms with van der Waals surface area (Å²) in [7, 11) is -2.27. The smallest absolute Gasteiger partial charge is 0.303 e. The van der Waals surface area contributed by atoms with Crippen molar-refractivity contribution < 1.29 is 17.5 Å². The molecule has 4 rings (SSSR count). The molecule has 1 aliphatic heterocycles. The van der Waals surface area contributed by atoms with E-state index in [9.17, 15) is 12.8 Å². The third-order valence-corrected chi connectivity index (χ3v) is 6.72. The molecule has 0 fully saturated rings. The number of anilines is 1. The molecule has 0 unspecified atom stereocenters. The van der Waals surface area contributed by atoms with Crippen LogP contribution in [0.15, 0.2) is 30.9 Å². The molecule has 2 aromatic heterocycles. The van der Waals surface area contributed by atoms with Gasteiger partial charge >= 0.3 is 10.2 Å². The van der Waals surface area contributed by atoms with Crippen LogP contribution in [-0.2, 0) is 29.8 Å². The third-order valence-electron chi connectivity index (χ3n) is 4.56. The van der Waals surface area contributed by atoms with Crippen LogP contribution in [0.5, 0.6) is 5.75 Å². The van der Waals surface area contributed by atoms with E-state index in [0.29, 0.717) is 34.7 Å². The van der Waals surface area contributed by atoms with E-state index in [4.69, 9.17) is 4.74 Å². The number of methoxy groups -OCH3 is 1. The van der Waals surface area contributed by atoms with E-state index in [1.54, 1.807) is 18.2 Å². The van der Waals surface area contributed by atoms with Gasteiger partial charge in [0, 0.05) is 29.2 Å². The molecule has 0 radical (unpaired) electrons. The third kappa shape index (κ3) is 3.91. The second kappa shape index (κ2) is 7.97. The number of rotatable bonds is 6. The maximum Gasteiger partial charge on any atom is 0.303 e. The molecule has 0 spiro atoms. The van der Waals surface area contributed by atoms with Gasteiger partial charge in [0.1, 0.15) is 25.1 Å². The van der Waals surface area contributed by atoms with Crippen molar-refractivity contribution >= 4 is 26.9 Å². The molecule has 1 aliphatic rings. The van der Waals surface area contributed by atoms with Crippen LogP contribution in [0.1, 0.15) is 16.8 Å². The number of aromatic nitrogens is 4. The summed E-state index contributed by atoms with van der Waals surface area (Å²) in [6.45, 7) is -0.233. The highest BCUT2D eigenvalue weighted by atomic mass is 32.2. The fraction of sp³-hybridized carbons (Fsp3) is 0.294. The maximum atomic E-state index is 13.0. The summed E-state index contributed by atoms with van der Waals surface area (Å²) in [6.07, 6.45) is 3.11. The molecule has 0 bridgehead atoms. The lowest BCUT2D eigenvalue weighted by atomic mass is 9.98. The van der Waals surface area contributed by atoms with E-state index in [1.807, 2.05) is 0 Å². The fourth-order valence-corrected chi connectivity index (χ4v) is 4.95. The SMILES string of the molecule is COc1cc(CF)ccc1-c1ncnc2c1CCN(S(=O)(=O)Nc1ncns1)C2.